The van der Waals surface area contributed by atoms with Crippen LogP contribution in [0.5, 0.6) is 0 Å². The molecule has 150 valence electrons. The third-order valence-corrected chi connectivity index (χ3v) is 6.78. The number of hydrogen-bond donors (Lipinski definition) is 0. The van der Waals surface area contributed by atoms with E-state index in [4.69, 9.17) is 0 Å². The van der Waals surface area contributed by atoms with Gasteiger partial charge in [-0.2, -0.15) is 5.10 Å². The Hall–Kier alpha value is -2.43. The molecule has 0 saturated carbocycles. The summed E-state index contributed by atoms with van der Waals surface area (Å²) in [5, 5.41) is 4.34. The van der Waals surface area contributed by atoms with Crippen molar-refractivity contribution in [3.63, 3.8) is 0 Å². The minimum absolute atomic E-state index is 0.553. The van der Waals surface area contributed by atoms with Crippen molar-refractivity contribution in [3.05, 3.63) is 89.2 Å². The second-order valence-corrected chi connectivity index (χ2v) is 8.88. The molecule has 4 nitrogen and oxygen atoms in total. The van der Waals surface area contributed by atoms with Gasteiger partial charge in [-0.25, -0.2) is 0 Å². The van der Waals surface area contributed by atoms with Crippen LogP contribution in [0.3, 0.4) is 0 Å². The highest BCUT2D eigenvalue weighted by atomic mass is 15.3. The molecule has 0 unspecified atom stereocenters. The number of nitrogens with zero attached hydrogens (tertiary/aromatic N) is 4. The van der Waals surface area contributed by atoms with Gasteiger partial charge in [0.1, 0.15) is 0 Å². The van der Waals surface area contributed by atoms with Crippen molar-refractivity contribution in [3.8, 4) is 0 Å². The van der Waals surface area contributed by atoms with Crippen LogP contribution >= 0.6 is 0 Å². The highest BCUT2D eigenvalue weighted by molar-refractivity contribution is 5.31. The summed E-state index contributed by atoms with van der Waals surface area (Å²) in [6.07, 6.45) is 3.87. The van der Waals surface area contributed by atoms with Crippen LogP contribution in [0.15, 0.2) is 67.0 Å². The molecule has 0 amide bonds. The van der Waals surface area contributed by atoms with Crippen molar-refractivity contribution in [1.82, 2.24) is 19.6 Å². The van der Waals surface area contributed by atoms with Gasteiger partial charge in [-0.05, 0) is 54.1 Å². The van der Waals surface area contributed by atoms with E-state index in [2.05, 4.69) is 77.4 Å². The monoisotopic (exact) mass is 386 g/mol. The molecule has 0 N–H and O–H groups in total. The minimum atomic E-state index is 0.553. The van der Waals surface area contributed by atoms with E-state index in [1.54, 1.807) is 0 Å². The highest BCUT2D eigenvalue weighted by Gasteiger charge is 2.46. The van der Waals surface area contributed by atoms with E-state index in [1.807, 2.05) is 23.1 Å². The van der Waals surface area contributed by atoms with Gasteiger partial charge in [-0.3, -0.25) is 14.5 Å². The molecule has 2 aromatic carbocycles. The second-order valence-electron chi connectivity index (χ2n) is 8.88. The molecule has 0 radical (unpaired) electrons. The summed E-state index contributed by atoms with van der Waals surface area (Å²) < 4.78 is 1.99. The van der Waals surface area contributed by atoms with Gasteiger partial charge in [0.25, 0.3) is 0 Å². The summed E-state index contributed by atoms with van der Waals surface area (Å²) in [5.74, 6) is 1.50. The summed E-state index contributed by atoms with van der Waals surface area (Å²) in [7, 11) is 2.30. The SMILES string of the molecule is Cc1ccccc1[C@@H]1[C@@H]2CN(Cc3cccc(Cn4cccn4)c3)C[C@@H]2CN1C. The predicted octanol–water partition coefficient (Wildman–Crippen LogP) is 3.97. The van der Waals surface area contributed by atoms with Crippen molar-refractivity contribution in [2.75, 3.05) is 26.7 Å². The van der Waals surface area contributed by atoms with E-state index in [-0.39, 0.29) is 0 Å². The number of likely N-dealkylation sites (tertiary alicyclic amines) is 2. The van der Waals surface area contributed by atoms with Gasteiger partial charge in [0.05, 0.1) is 6.54 Å². The number of benzene rings is 2. The molecule has 0 aliphatic carbocycles. The first-order valence-electron chi connectivity index (χ1n) is 10.7. The van der Waals surface area contributed by atoms with Crippen molar-refractivity contribution in [2.45, 2.75) is 26.1 Å². The van der Waals surface area contributed by atoms with Gasteiger partial charge >= 0.3 is 0 Å². The Morgan fingerprint density at radius 1 is 0.931 bits per heavy atom. The third-order valence-electron chi connectivity index (χ3n) is 6.78. The van der Waals surface area contributed by atoms with Gasteiger partial charge in [0.2, 0.25) is 0 Å². The van der Waals surface area contributed by atoms with Gasteiger partial charge < -0.3 is 0 Å². The van der Waals surface area contributed by atoms with E-state index in [0.717, 1.165) is 24.9 Å². The van der Waals surface area contributed by atoms with Crippen molar-refractivity contribution < 1.29 is 0 Å². The summed E-state index contributed by atoms with van der Waals surface area (Å²) in [5.41, 5.74) is 5.68. The molecule has 2 saturated heterocycles. The lowest BCUT2D eigenvalue weighted by molar-refractivity contribution is 0.224. The topological polar surface area (TPSA) is 24.3 Å². The van der Waals surface area contributed by atoms with E-state index < -0.39 is 0 Å². The number of hydrogen-bond acceptors (Lipinski definition) is 3. The molecule has 4 heteroatoms. The molecule has 2 aliphatic heterocycles. The van der Waals surface area contributed by atoms with Crippen LogP contribution in [0.1, 0.15) is 28.3 Å². The number of aromatic nitrogens is 2. The van der Waals surface area contributed by atoms with Crippen LogP contribution in [0.2, 0.25) is 0 Å². The van der Waals surface area contributed by atoms with Crippen LogP contribution in [0.25, 0.3) is 0 Å². The molecule has 3 heterocycles. The van der Waals surface area contributed by atoms with Crippen LogP contribution < -0.4 is 0 Å². The third kappa shape index (κ3) is 3.75. The van der Waals surface area contributed by atoms with E-state index in [0.29, 0.717) is 6.04 Å². The van der Waals surface area contributed by atoms with Gasteiger partial charge in [0.15, 0.2) is 0 Å². The normalized spacial score (nSPS) is 24.8. The maximum atomic E-state index is 4.34. The quantitative estimate of drug-likeness (QED) is 0.663. The zero-order valence-corrected chi connectivity index (χ0v) is 17.4. The lowest BCUT2D eigenvalue weighted by atomic mass is 9.88. The van der Waals surface area contributed by atoms with E-state index in [9.17, 15) is 0 Å². The van der Waals surface area contributed by atoms with Crippen LogP contribution in [0.4, 0.5) is 0 Å². The molecule has 2 aliphatic rings. The molecule has 5 rings (SSSR count). The lowest BCUT2D eigenvalue weighted by Gasteiger charge is -2.28. The summed E-state index contributed by atoms with van der Waals surface area (Å²) in [6, 6.07) is 20.5. The maximum Gasteiger partial charge on any atom is 0.0659 e. The zero-order valence-electron chi connectivity index (χ0n) is 17.4. The smallest absolute Gasteiger partial charge is 0.0659 e. The fourth-order valence-corrected chi connectivity index (χ4v) is 5.53. The zero-order chi connectivity index (χ0) is 19.8. The lowest BCUT2D eigenvalue weighted by Crippen LogP contribution is -2.29. The molecule has 2 fully saturated rings. The molecule has 3 aromatic rings. The molecule has 3 atom stereocenters. The summed E-state index contributed by atoms with van der Waals surface area (Å²) >= 11 is 0. The van der Waals surface area contributed by atoms with E-state index >= 15 is 0 Å². The van der Waals surface area contributed by atoms with Crippen LogP contribution in [-0.2, 0) is 13.1 Å². The number of aryl methyl sites for hydroxylation is 1. The molecular formula is C25H30N4. The van der Waals surface area contributed by atoms with Crippen molar-refractivity contribution in [2.24, 2.45) is 11.8 Å². The highest BCUT2D eigenvalue weighted by Crippen LogP contribution is 2.45. The Kier molecular flexibility index (Phi) is 4.98. The number of rotatable bonds is 5. The fraction of sp³-hybridized carbons (Fsp3) is 0.400. The molecule has 0 spiro atoms. The first kappa shape index (κ1) is 18.6. The molecule has 1 aromatic heterocycles. The van der Waals surface area contributed by atoms with Gasteiger partial charge in [-0.1, -0.05) is 48.5 Å². The van der Waals surface area contributed by atoms with Gasteiger partial charge in [0, 0.05) is 44.6 Å². The average Bonchev–Trinajstić information content (AvgIpc) is 3.40. The largest absolute Gasteiger partial charge is 0.299 e. The minimum Gasteiger partial charge on any atom is -0.299 e. The van der Waals surface area contributed by atoms with Gasteiger partial charge in [-0.15, -0.1) is 0 Å². The Balaban J connectivity index is 1.28. The van der Waals surface area contributed by atoms with Crippen LogP contribution in [0, 0.1) is 18.8 Å². The first-order chi connectivity index (χ1) is 14.2. The average molecular weight is 387 g/mol. The Bertz CT molecular complexity index is 964. The molecule has 0 bridgehead atoms. The summed E-state index contributed by atoms with van der Waals surface area (Å²) in [4.78, 5) is 5.25. The fourth-order valence-electron chi connectivity index (χ4n) is 5.53. The Labute approximate surface area is 173 Å². The second kappa shape index (κ2) is 7.77. The Morgan fingerprint density at radius 3 is 2.55 bits per heavy atom. The molecular weight excluding hydrogens is 356 g/mol. The maximum absolute atomic E-state index is 4.34. The number of fused-ring (bicyclic) bond motifs is 1. The molecule has 29 heavy (non-hydrogen) atoms. The standard InChI is InChI=1S/C25H30N4/c1-19-7-3-4-10-23(19)25-24-18-28(17-22(24)16-27(25)2)14-20-8-5-9-21(13-20)15-29-12-6-11-26-29/h3-13,22,24-25H,14-18H2,1-2H3/t22-,24+,25+/m0/s1. The Morgan fingerprint density at radius 2 is 1.76 bits per heavy atom. The first-order valence-corrected chi connectivity index (χ1v) is 10.7. The van der Waals surface area contributed by atoms with Crippen LogP contribution in [-0.4, -0.2) is 46.3 Å². The van der Waals surface area contributed by atoms with E-state index in [1.165, 1.54) is 41.9 Å². The van der Waals surface area contributed by atoms with Crippen molar-refractivity contribution in [1.29, 1.82) is 0 Å². The predicted molar refractivity (Wildman–Crippen MR) is 117 cm³/mol. The van der Waals surface area contributed by atoms with Crippen molar-refractivity contribution >= 4 is 0 Å². The summed E-state index contributed by atoms with van der Waals surface area (Å²) in [6.45, 7) is 7.75.